The number of nitrogens with two attached hydrogens (primary N) is 2. The van der Waals surface area contributed by atoms with Gasteiger partial charge in [-0.3, -0.25) is 9.09 Å². The monoisotopic (exact) mass is 542 g/mol. The molecular formula is C17H27N4O14P. The summed E-state index contributed by atoms with van der Waals surface area (Å²) in [6, 6.07) is 1.22. The molecule has 3 rings (SSSR count). The zero-order valence-electron chi connectivity index (χ0n) is 18.4. The van der Waals surface area contributed by atoms with Crippen molar-refractivity contribution in [3.63, 3.8) is 0 Å². The van der Waals surface area contributed by atoms with Crippen molar-refractivity contribution in [2.45, 2.75) is 61.2 Å². The number of nitrogens with zero attached hydrogens (tertiary/aromatic N) is 2. The Morgan fingerprint density at radius 2 is 1.97 bits per heavy atom. The first-order valence-electron chi connectivity index (χ1n) is 10.4. The van der Waals surface area contributed by atoms with E-state index in [1.807, 2.05) is 0 Å². The Morgan fingerprint density at radius 3 is 2.56 bits per heavy atom. The molecule has 0 radical (unpaired) electrons. The third kappa shape index (κ3) is 5.75. The third-order valence-corrected chi connectivity index (χ3v) is 6.61. The molecule has 0 aromatic carbocycles. The second-order valence-electron chi connectivity index (χ2n) is 8.15. The van der Waals surface area contributed by atoms with Gasteiger partial charge in [-0.2, -0.15) is 4.98 Å². The van der Waals surface area contributed by atoms with Crippen molar-refractivity contribution in [2.75, 3.05) is 18.9 Å². The Morgan fingerprint density at radius 1 is 1.31 bits per heavy atom. The van der Waals surface area contributed by atoms with E-state index >= 15 is 0 Å². The molecule has 19 heteroatoms. The lowest BCUT2D eigenvalue weighted by Crippen LogP contribution is -2.62. The molecule has 0 amide bonds. The van der Waals surface area contributed by atoms with Crippen molar-refractivity contribution >= 4 is 19.6 Å². The molecule has 2 aliphatic rings. The van der Waals surface area contributed by atoms with Crippen LogP contribution in [0.5, 0.6) is 0 Å². The second kappa shape index (κ2) is 10.7. The molecule has 0 bridgehead atoms. The minimum absolute atomic E-state index is 0.112. The summed E-state index contributed by atoms with van der Waals surface area (Å²) in [5.74, 6) is -5.16. The number of carboxylic acid groups (broad SMARTS) is 1. The van der Waals surface area contributed by atoms with Crippen LogP contribution in [0.25, 0.3) is 0 Å². The number of phosphoric acid groups is 1. The van der Waals surface area contributed by atoms with E-state index in [0.29, 0.717) is 0 Å². The van der Waals surface area contributed by atoms with Gasteiger partial charge >= 0.3 is 19.5 Å². The van der Waals surface area contributed by atoms with Gasteiger partial charge in [-0.1, -0.05) is 0 Å². The highest BCUT2D eigenvalue weighted by atomic mass is 31.2. The van der Waals surface area contributed by atoms with Crippen LogP contribution in [-0.4, -0.2) is 113 Å². The Labute approximate surface area is 201 Å². The molecule has 3 heterocycles. The van der Waals surface area contributed by atoms with Crippen LogP contribution < -0.4 is 17.2 Å². The van der Waals surface area contributed by atoms with Crippen LogP contribution >= 0.6 is 7.82 Å². The average Bonchev–Trinajstić information content (AvgIpc) is 3.07. The van der Waals surface area contributed by atoms with Crippen molar-refractivity contribution in [1.29, 1.82) is 0 Å². The molecule has 18 nitrogen and oxygen atoms in total. The number of aromatic nitrogens is 2. The number of phosphoric ester groups is 1. The zero-order valence-corrected chi connectivity index (χ0v) is 19.3. The molecule has 204 valence electrons. The van der Waals surface area contributed by atoms with Crippen LogP contribution in [0.3, 0.4) is 0 Å². The number of aliphatic hydroxyl groups is 5. The maximum absolute atomic E-state index is 12.6. The maximum Gasteiger partial charge on any atom is 0.475 e. The topological polar surface area (TPSA) is 300 Å². The van der Waals surface area contributed by atoms with Crippen LogP contribution in [0.4, 0.5) is 5.82 Å². The molecule has 10 atom stereocenters. The summed E-state index contributed by atoms with van der Waals surface area (Å²) < 4.78 is 33.2. The minimum atomic E-state index is -5.38. The molecule has 36 heavy (non-hydrogen) atoms. The van der Waals surface area contributed by atoms with Crippen LogP contribution in [0.15, 0.2) is 17.1 Å². The highest BCUT2D eigenvalue weighted by Crippen LogP contribution is 2.51. The Hall–Kier alpha value is -2.06. The van der Waals surface area contributed by atoms with E-state index in [0.717, 1.165) is 10.8 Å². The van der Waals surface area contributed by atoms with E-state index in [4.69, 9.17) is 30.0 Å². The van der Waals surface area contributed by atoms with Crippen molar-refractivity contribution < 1.29 is 63.4 Å². The first kappa shape index (κ1) is 28.5. The summed E-state index contributed by atoms with van der Waals surface area (Å²) in [7, 11) is -5.38. The molecule has 2 fully saturated rings. The number of ether oxygens (including phenoxy) is 2. The number of aliphatic hydroxyl groups excluding tert-OH is 5. The number of rotatable bonds is 9. The van der Waals surface area contributed by atoms with Gasteiger partial charge in [0.25, 0.3) is 5.79 Å². The SMILES string of the molecule is NC[C@@H](O)[C@H]1O[C@](OP(=O)(O)OC[C@H]2O[C@@H](n3ccc(N)nc3=O)[C@H](O)[C@@H]2O)(C(=O)O)C[C@@H](O)[C@H]1O. The minimum Gasteiger partial charge on any atom is -0.477 e. The zero-order chi connectivity index (χ0) is 27.0. The second-order valence-corrected chi connectivity index (χ2v) is 9.53. The van der Waals surface area contributed by atoms with Gasteiger partial charge in [-0.15, -0.1) is 0 Å². The van der Waals surface area contributed by atoms with Crippen molar-refractivity contribution in [2.24, 2.45) is 5.73 Å². The standard InChI is InChI=1S/C17H27N4O14P/c18-4-7(23)13-10(24)6(22)3-17(34-13,15(27)28)35-36(30,31)32-5-8-11(25)12(26)14(33-8)21-2-1-9(19)20-16(21)29/h1-2,6-8,10-14,22-26H,3-5,18H2,(H,27,28)(H,30,31)(H2,19,20,29)/t6-,7-,8-,10-,11-,12-,13-,14-,17-/m1/s1. The molecule has 2 saturated heterocycles. The highest BCUT2D eigenvalue weighted by molar-refractivity contribution is 7.47. The number of carbonyl (C=O) groups is 1. The van der Waals surface area contributed by atoms with Crippen molar-refractivity contribution in [3.8, 4) is 0 Å². The van der Waals surface area contributed by atoms with Gasteiger partial charge in [0.1, 0.15) is 36.3 Å². The van der Waals surface area contributed by atoms with Crippen LogP contribution in [0.2, 0.25) is 0 Å². The van der Waals surface area contributed by atoms with Gasteiger partial charge in [0.05, 0.1) is 18.8 Å². The molecule has 0 saturated carbocycles. The largest absolute Gasteiger partial charge is 0.477 e. The van der Waals surface area contributed by atoms with Gasteiger partial charge in [0.15, 0.2) is 6.23 Å². The number of hydrogen-bond acceptors (Lipinski definition) is 15. The van der Waals surface area contributed by atoms with E-state index in [1.165, 1.54) is 6.07 Å². The smallest absolute Gasteiger partial charge is 0.475 e. The third-order valence-electron chi connectivity index (χ3n) is 5.61. The normalized spacial score (nSPS) is 37.4. The molecule has 1 unspecified atom stereocenters. The van der Waals surface area contributed by atoms with E-state index in [9.17, 15) is 49.7 Å². The molecule has 11 N–H and O–H groups in total. The van der Waals surface area contributed by atoms with E-state index in [2.05, 4.69) is 4.98 Å². The summed E-state index contributed by atoms with van der Waals surface area (Å²) in [4.78, 5) is 37.5. The van der Waals surface area contributed by atoms with Crippen LogP contribution in [0, 0.1) is 0 Å². The van der Waals surface area contributed by atoms with Crippen molar-refractivity contribution in [1.82, 2.24) is 9.55 Å². The molecule has 0 spiro atoms. The van der Waals surface area contributed by atoms with Gasteiger partial charge in [0, 0.05) is 19.2 Å². The summed E-state index contributed by atoms with van der Waals surface area (Å²) >= 11 is 0. The van der Waals surface area contributed by atoms with Gasteiger partial charge in [0.2, 0.25) is 0 Å². The first-order chi connectivity index (χ1) is 16.7. The van der Waals surface area contributed by atoms with Crippen LogP contribution in [0.1, 0.15) is 12.6 Å². The Bertz CT molecular complexity index is 1060. The van der Waals surface area contributed by atoms with E-state index < -0.39 is 93.8 Å². The summed E-state index contributed by atoms with van der Waals surface area (Å²) in [5, 5.41) is 60.0. The fourth-order valence-corrected chi connectivity index (χ4v) is 4.68. The van der Waals surface area contributed by atoms with Gasteiger partial charge in [-0.25, -0.2) is 18.7 Å². The molecule has 1 aromatic heterocycles. The van der Waals surface area contributed by atoms with Gasteiger partial charge < -0.3 is 56.5 Å². The number of carboxylic acids is 1. The van der Waals surface area contributed by atoms with Gasteiger partial charge in [-0.05, 0) is 6.07 Å². The lowest BCUT2D eigenvalue weighted by Gasteiger charge is -2.43. The lowest BCUT2D eigenvalue weighted by atomic mass is 9.92. The van der Waals surface area contributed by atoms with Crippen LogP contribution in [-0.2, 0) is 27.9 Å². The summed E-state index contributed by atoms with van der Waals surface area (Å²) in [6.07, 6.45) is -13.5. The van der Waals surface area contributed by atoms with E-state index in [-0.39, 0.29) is 5.82 Å². The Balaban J connectivity index is 1.73. The molecule has 2 aliphatic heterocycles. The first-order valence-corrected chi connectivity index (χ1v) is 11.9. The van der Waals surface area contributed by atoms with Crippen molar-refractivity contribution in [3.05, 3.63) is 22.7 Å². The highest BCUT2D eigenvalue weighted by Gasteiger charge is 2.57. The number of nitrogen functional groups attached to an aromatic ring is 1. The lowest BCUT2D eigenvalue weighted by molar-refractivity contribution is -0.300. The number of hydrogen-bond donors (Lipinski definition) is 9. The Kier molecular flexibility index (Phi) is 8.50. The fraction of sp³-hybridized carbons (Fsp3) is 0.706. The quantitative estimate of drug-likeness (QED) is 0.132. The predicted molar refractivity (Wildman–Crippen MR) is 113 cm³/mol. The average molecular weight is 542 g/mol. The number of anilines is 1. The molecule has 0 aliphatic carbocycles. The molecule has 1 aromatic rings. The van der Waals surface area contributed by atoms with E-state index in [1.54, 1.807) is 0 Å². The predicted octanol–water partition coefficient (Wildman–Crippen LogP) is -4.81. The maximum atomic E-state index is 12.6. The number of aliphatic carboxylic acids is 1. The summed E-state index contributed by atoms with van der Waals surface area (Å²) in [6.45, 7) is -1.47. The summed E-state index contributed by atoms with van der Waals surface area (Å²) in [5.41, 5.74) is 9.76. The fourth-order valence-electron chi connectivity index (χ4n) is 3.73. The molecular weight excluding hydrogens is 515 g/mol.